The molecule has 7 heteroatoms. The molecule has 2 aromatic heterocycles. The van der Waals surface area contributed by atoms with Crippen LogP contribution in [0.5, 0.6) is 5.75 Å². The van der Waals surface area contributed by atoms with Crippen LogP contribution in [0.25, 0.3) is 22.2 Å². The summed E-state index contributed by atoms with van der Waals surface area (Å²) in [4.78, 5) is 12.6. The highest BCUT2D eigenvalue weighted by Gasteiger charge is 2.27. The maximum absolute atomic E-state index is 12.4. The maximum Gasteiger partial charge on any atom is 0.292 e. The lowest BCUT2D eigenvalue weighted by atomic mass is 10.1. The van der Waals surface area contributed by atoms with Gasteiger partial charge in [-0.3, -0.25) is 4.79 Å². The van der Waals surface area contributed by atoms with Crippen molar-refractivity contribution in [1.82, 2.24) is 9.13 Å². The van der Waals surface area contributed by atoms with E-state index in [1.54, 1.807) is 31.4 Å². The predicted molar refractivity (Wildman–Crippen MR) is 114 cm³/mol. The summed E-state index contributed by atoms with van der Waals surface area (Å²) < 4.78 is 33.8. The first-order valence-electron chi connectivity index (χ1n) is 9.79. The molecule has 0 N–H and O–H groups in total. The average molecular weight is 415 g/mol. The second kappa shape index (κ2) is 7.06. The standard InChI is InChI=1S/C22H26N2O4S/c1-14(10-15-8-9-15)24-18-6-5-7-21(29(4,26)27)17(18)12-19(24)16-11-20(28-3)22(25)23(2)13-16/h5-7,11-15H,8-10H2,1-4H3/t14-/m0/s1. The summed E-state index contributed by atoms with van der Waals surface area (Å²) >= 11 is 0. The highest BCUT2D eigenvalue weighted by Crippen LogP contribution is 2.41. The van der Waals surface area contributed by atoms with E-state index in [2.05, 4.69) is 11.5 Å². The van der Waals surface area contributed by atoms with Crippen LogP contribution in [-0.2, 0) is 16.9 Å². The number of ether oxygens (including phenoxy) is 1. The van der Waals surface area contributed by atoms with E-state index < -0.39 is 9.84 Å². The SMILES string of the molecule is COc1cc(-c2cc3c(S(C)(=O)=O)cccc3n2[C@@H](C)CC2CC2)cn(C)c1=O. The Hall–Kier alpha value is -2.54. The Labute approximate surface area is 170 Å². The van der Waals surface area contributed by atoms with Crippen molar-refractivity contribution >= 4 is 20.7 Å². The van der Waals surface area contributed by atoms with Crippen molar-refractivity contribution in [1.29, 1.82) is 0 Å². The number of hydrogen-bond donors (Lipinski definition) is 0. The second-order valence-electron chi connectivity index (χ2n) is 8.10. The number of rotatable bonds is 6. The van der Waals surface area contributed by atoms with Crippen LogP contribution in [0.3, 0.4) is 0 Å². The molecule has 2 heterocycles. The van der Waals surface area contributed by atoms with E-state index in [1.807, 2.05) is 12.1 Å². The topological polar surface area (TPSA) is 70.3 Å². The van der Waals surface area contributed by atoms with Crippen molar-refractivity contribution in [2.24, 2.45) is 13.0 Å². The van der Waals surface area contributed by atoms with Crippen molar-refractivity contribution in [2.75, 3.05) is 13.4 Å². The minimum Gasteiger partial charge on any atom is -0.491 e. The van der Waals surface area contributed by atoms with Crippen molar-refractivity contribution in [3.05, 3.63) is 46.9 Å². The Balaban J connectivity index is 2.02. The molecule has 0 amide bonds. The first-order chi connectivity index (χ1) is 13.7. The summed E-state index contributed by atoms with van der Waals surface area (Å²) in [6.07, 6.45) is 6.56. The highest BCUT2D eigenvalue weighted by atomic mass is 32.2. The van der Waals surface area contributed by atoms with E-state index in [-0.39, 0.29) is 17.4 Å². The van der Waals surface area contributed by atoms with Gasteiger partial charge in [0.1, 0.15) is 0 Å². The average Bonchev–Trinajstić information content (AvgIpc) is 3.38. The third kappa shape index (κ3) is 3.59. The summed E-state index contributed by atoms with van der Waals surface area (Å²) in [6.45, 7) is 2.17. The fraction of sp³-hybridized carbons (Fsp3) is 0.409. The van der Waals surface area contributed by atoms with Gasteiger partial charge in [-0.1, -0.05) is 18.9 Å². The van der Waals surface area contributed by atoms with Gasteiger partial charge in [0.05, 0.1) is 23.2 Å². The van der Waals surface area contributed by atoms with Crippen molar-refractivity contribution in [3.63, 3.8) is 0 Å². The Morgan fingerprint density at radius 1 is 1.24 bits per heavy atom. The van der Waals surface area contributed by atoms with Gasteiger partial charge in [0.2, 0.25) is 0 Å². The molecule has 1 saturated carbocycles. The monoisotopic (exact) mass is 414 g/mol. The van der Waals surface area contributed by atoms with E-state index >= 15 is 0 Å². The number of sulfone groups is 1. The van der Waals surface area contributed by atoms with Crippen LogP contribution < -0.4 is 10.3 Å². The normalized spacial score (nSPS) is 15.6. The molecule has 1 fully saturated rings. The number of aryl methyl sites for hydroxylation is 1. The number of benzene rings is 1. The third-order valence-corrected chi connectivity index (χ3v) is 6.88. The van der Waals surface area contributed by atoms with Crippen molar-refractivity contribution < 1.29 is 13.2 Å². The van der Waals surface area contributed by atoms with Crippen LogP contribution >= 0.6 is 0 Å². The smallest absolute Gasteiger partial charge is 0.292 e. The molecular formula is C22H26N2O4S. The van der Waals surface area contributed by atoms with Gasteiger partial charge in [0, 0.05) is 36.5 Å². The van der Waals surface area contributed by atoms with Gasteiger partial charge >= 0.3 is 0 Å². The van der Waals surface area contributed by atoms with Crippen LogP contribution in [0.1, 0.15) is 32.2 Å². The van der Waals surface area contributed by atoms with E-state index in [9.17, 15) is 13.2 Å². The molecule has 154 valence electrons. The van der Waals surface area contributed by atoms with Crippen LogP contribution in [0.4, 0.5) is 0 Å². The van der Waals surface area contributed by atoms with Gasteiger partial charge in [-0.2, -0.15) is 0 Å². The fourth-order valence-electron chi connectivity index (χ4n) is 4.15. The van der Waals surface area contributed by atoms with Gasteiger partial charge in [-0.15, -0.1) is 0 Å². The molecule has 6 nitrogen and oxygen atoms in total. The highest BCUT2D eigenvalue weighted by molar-refractivity contribution is 7.91. The summed E-state index contributed by atoms with van der Waals surface area (Å²) in [7, 11) is -0.201. The Morgan fingerprint density at radius 3 is 2.59 bits per heavy atom. The zero-order valence-corrected chi connectivity index (χ0v) is 18.0. The van der Waals surface area contributed by atoms with E-state index in [4.69, 9.17) is 4.74 Å². The number of pyridine rings is 1. The van der Waals surface area contributed by atoms with Gasteiger partial charge in [-0.05, 0) is 43.5 Å². The fourth-order valence-corrected chi connectivity index (χ4v) is 5.04. The number of aromatic nitrogens is 2. The first-order valence-corrected chi connectivity index (χ1v) is 11.7. The number of hydrogen-bond acceptors (Lipinski definition) is 4. The molecule has 29 heavy (non-hydrogen) atoms. The quantitative estimate of drug-likeness (QED) is 0.615. The predicted octanol–water partition coefficient (Wildman–Crippen LogP) is 3.78. The Bertz CT molecular complexity index is 1250. The lowest BCUT2D eigenvalue weighted by Gasteiger charge is -2.20. The molecular weight excluding hydrogens is 388 g/mol. The van der Waals surface area contributed by atoms with Crippen LogP contribution in [0.15, 0.2) is 46.2 Å². The lowest BCUT2D eigenvalue weighted by Crippen LogP contribution is -2.18. The summed E-state index contributed by atoms with van der Waals surface area (Å²) in [5, 5.41) is 0.709. The summed E-state index contributed by atoms with van der Waals surface area (Å²) in [5.41, 5.74) is 2.39. The Kier molecular flexibility index (Phi) is 4.81. The van der Waals surface area contributed by atoms with Gasteiger partial charge in [-0.25, -0.2) is 8.42 Å². The minimum atomic E-state index is -3.37. The molecule has 0 spiro atoms. The van der Waals surface area contributed by atoms with Crippen molar-refractivity contribution in [2.45, 2.75) is 37.1 Å². The summed E-state index contributed by atoms with van der Waals surface area (Å²) in [6, 6.07) is 9.28. The Morgan fingerprint density at radius 2 is 1.97 bits per heavy atom. The van der Waals surface area contributed by atoms with Crippen molar-refractivity contribution in [3.8, 4) is 17.0 Å². The van der Waals surface area contributed by atoms with Crippen LogP contribution in [0, 0.1) is 5.92 Å². The molecule has 4 rings (SSSR count). The van der Waals surface area contributed by atoms with E-state index in [0.717, 1.165) is 29.1 Å². The van der Waals surface area contributed by atoms with Gasteiger partial charge < -0.3 is 13.9 Å². The molecule has 0 radical (unpaired) electrons. The minimum absolute atomic E-state index is 0.202. The lowest BCUT2D eigenvalue weighted by molar-refractivity contribution is 0.405. The van der Waals surface area contributed by atoms with Gasteiger partial charge in [0.25, 0.3) is 5.56 Å². The van der Waals surface area contributed by atoms with Crippen LogP contribution in [0.2, 0.25) is 0 Å². The van der Waals surface area contributed by atoms with E-state index in [1.165, 1.54) is 30.8 Å². The molecule has 1 atom stereocenters. The molecule has 1 aromatic carbocycles. The van der Waals surface area contributed by atoms with Crippen LogP contribution in [-0.4, -0.2) is 30.9 Å². The summed E-state index contributed by atoms with van der Waals surface area (Å²) in [5.74, 6) is 0.989. The maximum atomic E-state index is 12.4. The number of nitrogens with zero attached hydrogens (tertiary/aromatic N) is 2. The number of fused-ring (bicyclic) bond motifs is 1. The third-order valence-electron chi connectivity index (χ3n) is 5.72. The zero-order valence-electron chi connectivity index (χ0n) is 17.2. The molecule has 1 aliphatic carbocycles. The first kappa shape index (κ1) is 19.8. The molecule has 1 aliphatic rings. The molecule has 0 unspecified atom stereocenters. The van der Waals surface area contributed by atoms with Gasteiger partial charge in [0.15, 0.2) is 15.6 Å². The second-order valence-corrected chi connectivity index (χ2v) is 10.1. The largest absolute Gasteiger partial charge is 0.491 e. The molecule has 3 aromatic rings. The zero-order chi connectivity index (χ0) is 20.9. The molecule has 0 saturated heterocycles. The van der Waals surface area contributed by atoms with E-state index in [0.29, 0.717) is 10.3 Å². The molecule has 0 bridgehead atoms. The molecule has 0 aliphatic heterocycles. The number of methoxy groups -OCH3 is 1.